The minimum atomic E-state index is -0.832. The summed E-state index contributed by atoms with van der Waals surface area (Å²) in [6.45, 7) is 1.04. The lowest BCUT2D eigenvalue weighted by molar-refractivity contribution is -0.129. The number of hydrogen-bond donors (Lipinski definition) is 1. The summed E-state index contributed by atoms with van der Waals surface area (Å²) in [4.78, 5) is 31.0. The highest BCUT2D eigenvalue weighted by Crippen LogP contribution is 2.30. The maximum Gasteiger partial charge on any atom is 0.324 e. The van der Waals surface area contributed by atoms with Crippen LogP contribution in [0.3, 0.4) is 0 Å². The van der Waals surface area contributed by atoms with Crippen molar-refractivity contribution in [1.82, 2.24) is 15.2 Å². The van der Waals surface area contributed by atoms with Crippen LogP contribution in [0.5, 0.6) is 0 Å². The van der Waals surface area contributed by atoms with Crippen LogP contribution in [-0.4, -0.2) is 47.5 Å². The number of hydrogen-bond acceptors (Lipinski definition) is 5. The van der Waals surface area contributed by atoms with Gasteiger partial charge in [-0.3, -0.25) is 9.69 Å². The average Bonchev–Trinajstić information content (AvgIpc) is 2.98. The number of likely N-dealkylation sites (N-methyl/N-ethyl adjacent to an activating group) is 1. The van der Waals surface area contributed by atoms with Crippen molar-refractivity contribution in [3.63, 3.8) is 0 Å². The molecule has 1 unspecified atom stereocenters. The molecule has 102 valence electrons. The first-order chi connectivity index (χ1) is 9.55. The first-order valence-electron chi connectivity index (χ1n) is 6.27. The van der Waals surface area contributed by atoms with E-state index in [1.54, 1.807) is 12.1 Å². The molecule has 1 atom stereocenters. The molecule has 20 heavy (non-hydrogen) atoms. The zero-order valence-electron chi connectivity index (χ0n) is 11.0. The van der Waals surface area contributed by atoms with Crippen LogP contribution in [0.25, 0.3) is 0 Å². The number of nitrogens with one attached hydrogen (secondary N) is 1. The number of pyridine rings is 1. The second kappa shape index (κ2) is 4.20. The number of carbonyl (C=O) groups is 2. The van der Waals surface area contributed by atoms with Crippen LogP contribution < -0.4 is 10.2 Å². The van der Waals surface area contributed by atoms with Gasteiger partial charge in [0.05, 0.1) is 12.1 Å². The van der Waals surface area contributed by atoms with Crippen molar-refractivity contribution in [3.05, 3.63) is 23.9 Å². The summed E-state index contributed by atoms with van der Waals surface area (Å²) in [6.07, 6.45) is 2.06. The lowest BCUT2D eigenvalue weighted by Crippen LogP contribution is -2.49. The average molecular weight is 271 g/mol. The van der Waals surface area contributed by atoms with Crippen LogP contribution in [0, 0.1) is 11.3 Å². The van der Waals surface area contributed by atoms with Crippen LogP contribution in [0.2, 0.25) is 0 Å². The molecule has 2 saturated heterocycles. The fraction of sp³-hybridized carbons (Fsp3) is 0.385. The van der Waals surface area contributed by atoms with Gasteiger partial charge in [-0.1, -0.05) is 0 Å². The summed E-state index contributed by atoms with van der Waals surface area (Å²) in [5.74, 6) is 0.510. The molecule has 1 spiro atoms. The van der Waals surface area contributed by atoms with Crippen molar-refractivity contribution >= 4 is 17.8 Å². The van der Waals surface area contributed by atoms with E-state index < -0.39 is 5.54 Å². The van der Waals surface area contributed by atoms with E-state index in [4.69, 9.17) is 5.26 Å². The number of urea groups is 1. The van der Waals surface area contributed by atoms with E-state index >= 15 is 0 Å². The summed E-state index contributed by atoms with van der Waals surface area (Å²) < 4.78 is 0. The molecule has 3 rings (SSSR count). The number of rotatable bonds is 1. The summed E-state index contributed by atoms with van der Waals surface area (Å²) >= 11 is 0. The van der Waals surface area contributed by atoms with Crippen molar-refractivity contribution < 1.29 is 9.59 Å². The molecule has 0 bridgehead atoms. The van der Waals surface area contributed by atoms with Crippen LogP contribution in [0.4, 0.5) is 10.6 Å². The van der Waals surface area contributed by atoms with Crippen LogP contribution >= 0.6 is 0 Å². The van der Waals surface area contributed by atoms with E-state index in [1.165, 1.54) is 13.2 Å². The third-order valence-electron chi connectivity index (χ3n) is 3.84. The number of imide groups is 1. The number of carbonyl (C=O) groups excluding carboxylic acids is 2. The molecule has 0 radical (unpaired) electrons. The van der Waals surface area contributed by atoms with Crippen LogP contribution in [0.15, 0.2) is 18.3 Å². The van der Waals surface area contributed by atoms with E-state index in [9.17, 15) is 9.59 Å². The Morgan fingerprint density at radius 3 is 2.80 bits per heavy atom. The predicted octanol–water partition coefficient (Wildman–Crippen LogP) is 0.0838. The third kappa shape index (κ3) is 1.69. The third-order valence-corrected chi connectivity index (χ3v) is 3.84. The molecule has 3 amide bonds. The van der Waals surface area contributed by atoms with Gasteiger partial charge in [0.15, 0.2) is 0 Å². The van der Waals surface area contributed by atoms with Gasteiger partial charge in [-0.15, -0.1) is 0 Å². The molecule has 0 saturated carbocycles. The fourth-order valence-corrected chi connectivity index (χ4v) is 2.68. The van der Waals surface area contributed by atoms with Gasteiger partial charge in [0.1, 0.15) is 17.4 Å². The number of nitrogens with zero attached hydrogens (tertiary/aromatic N) is 4. The van der Waals surface area contributed by atoms with Gasteiger partial charge in [-0.2, -0.15) is 5.26 Å². The number of amides is 3. The van der Waals surface area contributed by atoms with Gasteiger partial charge < -0.3 is 10.2 Å². The van der Waals surface area contributed by atoms with Crippen molar-refractivity contribution in [2.24, 2.45) is 0 Å². The first kappa shape index (κ1) is 12.4. The Kier molecular flexibility index (Phi) is 2.61. The van der Waals surface area contributed by atoms with Gasteiger partial charge in [0.25, 0.3) is 5.91 Å². The van der Waals surface area contributed by atoms with Gasteiger partial charge >= 0.3 is 6.03 Å². The summed E-state index contributed by atoms with van der Waals surface area (Å²) in [5.41, 5.74) is -0.339. The quantitative estimate of drug-likeness (QED) is 0.731. The Morgan fingerprint density at radius 2 is 2.25 bits per heavy atom. The smallest absolute Gasteiger partial charge is 0.324 e. The summed E-state index contributed by atoms with van der Waals surface area (Å²) in [7, 11) is 1.48. The van der Waals surface area contributed by atoms with Crippen molar-refractivity contribution in [2.75, 3.05) is 25.0 Å². The number of nitriles is 1. The maximum absolute atomic E-state index is 12.2. The molecule has 2 aliphatic rings. The van der Waals surface area contributed by atoms with E-state index in [1.807, 2.05) is 11.0 Å². The molecule has 1 aromatic rings. The highest BCUT2D eigenvalue weighted by Gasteiger charge is 2.53. The Morgan fingerprint density at radius 1 is 1.45 bits per heavy atom. The monoisotopic (exact) mass is 271 g/mol. The Labute approximate surface area is 115 Å². The van der Waals surface area contributed by atoms with E-state index in [2.05, 4.69) is 10.3 Å². The minimum Gasteiger partial charge on any atom is -0.354 e. The Bertz CT molecular complexity index is 621. The molecule has 0 aromatic carbocycles. The lowest BCUT2D eigenvalue weighted by Gasteiger charge is -2.22. The van der Waals surface area contributed by atoms with Crippen molar-refractivity contribution in [1.29, 1.82) is 5.26 Å². The molecular formula is C13H13N5O2. The number of aromatic nitrogens is 1. The van der Waals surface area contributed by atoms with Crippen LogP contribution in [0.1, 0.15) is 12.0 Å². The first-order valence-corrected chi connectivity index (χ1v) is 6.27. The summed E-state index contributed by atoms with van der Waals surface area (Å²) in [6, 6.07) is 5.10. The second-order valence-corrected chi connectivity index (χ2v) is 5.06. The topological polar surface area (TPSA) is 89.3 Å². The largest absolute Gasteiger partial charge is 0.354 e. The predicted molar refractivity (Wildman–Crippen MR) is 69.8 cm³/mol. The van der Waals surface area contributed by atoms with Crippen molar-refractivity contribution in [2.45, 2.75) is 12.0 Å². The molecule has 7 nitrogen and oxygen atoms in total. The molecule has 1 N–H and O–H groups in total. The molecular weight excluding hydrogens is 258 g/mol. The van der Waals surface area contributed by atoms with Gasteiger partial charge in [0.2, 0.25) is 0 Å². The second-order valence-electron chi connectivity index (χ2n) is 5.06. The normalized spacial score (nSPS) is 25.2. The maximum atomic E-state index is 12.2. The number of anilines is 1. The zero-order valence-corrected chi connectivity index (χ0v) is 11.0. The highest BCUT2D eigenvalue weighted by atomic mass is 16.2. The molecule has 1 aromatic heterocycles. The minimum absolute atomic E-state index is 0.196. The van der Waals surface area contributed by atoms with Gasteiger partial charge in [0, 0.05) is 19.8 Å². The van der Waals surface area contributed by atoms with Gasteiger partial charge in [-0.05, 0) is 18.6 Å². The van der Waals surface area contributed by atoms with Crippen LogP contribution in [-0.2, 0) is 4.79 Å². The zero-order chi connectivity index (χ0) is 14.3. The Balaban J connectivity index is 1.81. The highest BCUT2D eigenvalue weighted by molar-refractivity contribution is 6.07. The molecule has 7 heteroatoms. The SMILES string of the molecule is CN1C(=O)NC2(CCN(c3ccc(C#N)cn3)C2)C1=O. The lowest BCUT2D eigenvalue weighted by atomic mass is 9.99. The molecule has 0 aliphatic carbocycles. The molecule has 2 fully saturated rings. The Hall–Kier alpha value is -2.62. The van der Waals surface area contributed by atoms with E-state index in [0.717, 1.165) is 4.90 Å². The van der Waals surface area contributed by atoms with Gasteiger partial charge in [-0.25, -0.2) is 9.78 Å². The van der Waals surface area contributed by atoms with E-state index in [-0.39, 0.29) is 11.9 Å². The standard InChI is InChI=1S/C13H13N5O2/c1-17-11(19)13(16-12(17)20)4-5-18(8-13)10-3-2-9(6-14)7-15-10/h2-3,7H,4-5,8H2,1H3,(H,16,20). The molecule has 2 aliphatic heterocycles. The fourth-order valence-electron chi connectivity index (χ4n) is 2.68. The van der Waals surface area contributed by atoms with E-state index in [0.29, 0.717) is 30.9 Å². The van der Waals surface area contributed by atoms with Crippen molar-refractivity contribution in [3.8, 4) is 6.07 Å². The summed E-state index contributed by atoms with van der Waals surface area (Å²) in [5, 5.41) is 11.5. The molecule has 3 heterocycles.